The lowest BCUT2D eigenvalue weighted by Gasteiger charge is -2.23. The highest BCUT2D eigenvalue weighted by Crippen LogP contribution is 2.21. The van der Waals surface area contributed by atoms with Crippen molar-refractivity contribution in [1.29, 1.82) is 0 Å². The smallest absolute Gasteiger partial charge is 0.0687 e. The molecule has 1 N–H and O–H groups in total. The predicted octanol–water partition coefficient (Wildman–Crippen LogP) is 2.98. The molecular formula is C16H16N2. The Labute approximate surface area is 107 Å². The van der Waals surface area contributed by atoms with Crippen LogP contribution in [0.15, 0.2) is 54.7 Å². The highest BCUT2D eigenvalue weighted by molar-refractivity contribution is 5.50. The molecule has 3 rings (SSSR count). The number of rotatable bonds is 2. The van der Waals surface area contributed by atoms with Crippen LogP contribution in [0.3, 0.4) is 0 Å². The number of hydrogen-bond donors (Lipinski definition) is 1. The Hall–Kier alpha value is -1.93. The van der Waals surface area contributed by atoms with Crippen molar-refractivity contribution in [3.8, 4) is 0 Å². The Balaban J connectivity index is 1.85. The molecule has 1 aromatic carbocycles. The number of benzene rings is 1. The van der Waals surface area contributed by atoms with Crippen molar-refractivity contribution in [3.05, 3.63) is 71.6 Å². The number of nitrogens with one attached hydrogen (secondary N) is 1. The first-order valence-corrected chi connectivity index (χ1v) is 6.34. The van der Waals surface area contributed by atoms with Gasteiger partial charge in [-0.3, -0.25) is 4.98 Å². The molecule has 0 aliphatic carbocycles. The van der Waals surface area contributed by atoms with Gasteiger partial charge in [0.05, 0.1) is 11.7 Å². The number of nitrogens with zero attached hydrogens (tertiary/aromatic N) is 1. The maximum atomic E-state index is 4.50. The van der Waals surface area contributed by atoms with Gasteiger partial charge in [-0.25, -0.2) is 0 Å². The summed E-state index contributed by atoms with van der Waals surface area (Å²) in [5.41, 5.74) is 3.75. The fraction of sp³-hybridized carbons (Fsp3) is 0.188. The summed E-state index contributed by atoms with van der Waals surface area (Å²) in [4.78, 5) is 4.50. The second kappa shape index (κ2) is 5.15. The molecule has 0 fully saturated rings. The molecule has 1 aromatic heterocycles. The Kier molecular flexibility index (Phi) is 3.20. The van der Waals surface area contributed by atoms with Crippen molar-refractivity contribution < 1.29 is 0 Å². The lowest BCUT2D eigenvalue weighted by molar-refractivity contribution is 0.567. The molecule has 0 bridgehead atoms. The van der Waals surface area contributed by atoms with E-state index in [4.69, 9.17) is 0 Å². The summed E-state index contributed by atoms with van der Waals surface area (Å²) in [7, 11) is 0. The zero-order valence-electron chi connectivity index (χ0n) is 10.2. The maximum absolute atomic E-state index is 4.50. The van der Waals surface area contributed by atoms with Crippen molar-refractivity contribution in [2.24, 2.45) is 0 Å². The second-order valence-corrected chi connectivity index (χ2v) is 4.50. The van der Waals surface area contributed by atoms with E-state index in [1.165, 1.54) is 11.1 Å². The fourth-order valence-corrected chi connectivity index (χ4v) is 2.33. The largest absolute Gasteiger partial charge is 0.305 e. The average molecular weight is 236 g/mol. The quantitative estimate of drug-likeness (QED) is 0.867. The third kappa shape index (κ3) is 2.34. The van der Waals surface area contributed by atoms with Gasteiger partial charge in [-0.1, -0.05) is 48.6 Å². The zero-order chi connectivity index (χ0) is 12.2. The Morgan fingerprint density at radius 1 is 1.11 bits per heavy atom. The number of pyridine rings is 1. The monoisotopic (exact) mass is 236 g/mol. The minimum Gasteiger partial charge on any atom is -0.305 e. The van der Waals surface area contributed by atoms with Gasteiger partial charge < -0.3 is 5.32 Å². The molecule has 2 nitrogen and oxygen atoms in total. The van der Waals surface area contributed by atoms with Crippen LogP contribution in [0.1, 0.15) is 22.9 Å². The van der Waals surface area contributed by atoms with E-state index in [9.17, 15) is 0 Å². The highest BCUT2D eigenvalue weighted by atomic mass is 14.9. The fourth-order valence-electron chi connectivity index (χ4n) is 2.33. The van der Waals surface area contributed by atoms with Gasteiger partial charge in [0.25, 0.3) is 0 Å². The molecule has 18 heavy (non-hydrogen) atoms. The van der Waals surface area contributed by atoms with E-state index in [0.717, 1.165) is 18.7 Å². The Morgan fingerprint density at radius 2 is 2.00 bits per heavy atom. The lowest BCUT2D eigenvalue weighted by atomic mass is 9.99. The van der Waals surface area contributed by atoms with Gasteiger partial charge in [0.1, 0.15) is 0 Å². The van der Waals surface area contributed by atoms with Crippen LogP contribution in [-0.2, 0) is 6.42 Å². The van der Waals surface area contributed by atoms with Crippen LogP contribution in [0.4, 0.5) is 0 Å². The second-order valence-electron chi connectivity index (χ2n) is 4.50. The summed E-state index contributed by atoms with van der Waals surface area (Å²) in [5, 5.41) is 3.50. The molecule has 1 atom stereocenters. The first kappa shape index (κ1) is 11.2. The summed E-state index contributed by atoms with van der Waals surface area (Å²) >= 11 is 0. The van der Waals surface area contributed by atoms with Crippen molar-refractivity contribution in [2.45, 2.75) is 12.5 Å². The molecule has 90 valence electrons. The first-order valence-electron chi connectivity index (χ1n) is 6.34. The van der Waals surface area contributed by atoms with Gasteiger partial charge in [-0.15, -0.1) is 0 Å². The van der Waals surface area contributed by atoms with Crippen LogP contribution in [0, 0.1) is 0 Å². The molecule has 2 heteroatoms. The average Bonchev–Trinajstić information content (AvgIpc) is 2.46. The van der Waals surface area contributed by atoms with E-state index in [0.29, 0.717) is 0 Å². The van der Waals surface area contributed by atoms with Crippen LogP contribution < -0.4 is 5.32 Å². The van der Waals surface area contributed by atoms with E-state index in [1.807, 2.05) is 18.3 Å². The van der Waals surface area contributed by atoms with E-state index >= 15 is 0 Å². The van der Waals surface area contributed by atoms with E-state index in [-0.39, 0.29) is 6.04 Å². The predicted molar refractivity (Wildman–Crippen MR) is 74.2 cm³/mol. The number of hydrogen-bond acceptors (Lipinski definition) is 2. The van der Waals surface area contributed by atoms with Gasteiger partial charge in [0.15, 0.2) is 0 Å². The molecule has 0 spiro atoms. The van der Waals surface area contributed by atoms with Crippen LogP contribution in [0.25, 0.3) is 6.08 Å². The maximum Gasteiger partial charge on any atom is 0.0687 e. The van der Waals surface area contributed by atoms with Gasteiger partial charge in [-0.2, -0.15) is 0 Å². The van der Waals surface area contributed by atoms with Gasteiger partial charge in [-0.05, 0) is 23.6 Å². The van der Waals surface area contributed by atoms with Crippen molar-refractivity contribution in [1.82, 2.24) is 10.3 Å². The van der Waals surface area contributed by atoms with E-state index in [1.54, 1.807) is 0 Å². The van der Waals surface area contributed by atoms with Gasteiger partial charge in [0, 0.05) is 12.7 Å². The van der Waals surface area contributed by atoms with Crippen molar-refractivity contribution in [3.63, 3.8) is 0 Å². The van der Waals surface area contributed by atoms with E-state index < -0.39 is 0 Å². The molecule has 0 saturated carbocycles. The van der Waals surface area contributed by atoms with Crippen LogP contribution in [0.2, 0.25) is 0 Å². The molecule has 1 aliphatic rings. The Bertz CT molecular complexity index is 546. The molecule has 2 aromatic rings. The van der Waals surface area contributed by atoms with Crippen LogP contribution >= 0.6 is 0 Å². The molecule has 0 saturated heterocycles. The molecule has 1 aliphatic heterocycles. The summed E-state index contributed by atoms with van der Waals surface area (Å²) in [5.74, 6) is 0. The van der Waals surface area contributed by atoms with Gasteiger partial charge >= 0.3 is 0 Å². The molecule has 2 heterocycles. The van der Waals surface area contributed by atoms with Crippen molar-refractivity contribution in [2.75, 3.05) is 6.54 Å². The number of fused-ring (bicyclic) bond motifs is 1. The minimum absolute atomic E-state index is 0.232. The summed E-state index contributed by atoms with van der Waals surface area (Å²) in [6.45, 7) is 1.02. The van der Waals surface area contributed by atoms with E-state index in [2.05, 4.69) is 52.8 Å². The Morgan fingerprint density at radius 3 is 2.89 bits per heavy atom. The molecule has 0 amide bonds. The van der Waals surface area contributed by atoms with Crippen LogP contribution in [0.5, 0.6) is 0 Å². The molecule has 1 unspecified atom stereocenters. The first-order chi connectivity index (χ1) is 8.93. The minimum atomic E-state index is 0.232. The third-order valence-electron chi connectivity index (χ3n) is 3.26. The number of aromatic nitrogens is 1. The summed E-state index contributed by atoms with van der Waals surface area (Å²) in [6, 6.07) is 14.8. The SMILES string of the molecule is C(=C\C1NCCc2cccnc21)/c1ccccc1. The normalized spacial score (nSPS) is 18.8. The standard InChI is InChI=1S/C16H16N2/c1-2-5-13(6-3-1)8-9-15-16-14(10-12-17-15)7-4-11-18-16/h1-9,11,15,17H,10,12H2/b9-8+. The van der Waals surface area contributed by atoms with Crippen molar-refractivity contribution >= 4 is 6.08 Å². The molecule has 0 radical (unpaired) electrons. The summed E-state index contributed by atoms with van der Waals surface area (Å²) < 4.78 is 0. The summed E-state index contributed by atoms with van der Waals surface area (Å²) in [6.07, 6.45) is 7.29. The molecular weight excluding hydrogens is 220 g/mol. The van der Waals surface area contributed by atoms with Crippen LogP contribution in [-0.4, -0.2) is 11.5 Å². The van der Waals surface area contributed by atoms with Gasteiger partial charge in [0.2, 0.25) is 0 Å². The lowest BCUT2D eigenvalue weighted by Crippen LogP contribution is -2.29. The highest BCUT2D eigenvalue weighted by Gasteiger charge is 2.17. The topological polar surface area (TPSA) is 24.9 Å². The third-order valence-corrected chi connectivity index (χ3v) is 3.26. The zero-order valence-corrected chi connectivity index (χ0v) is 10.2.